The fraction of sp³-hybridized carbons (Fsp3) is 0.917. The average Bonchev–Trinajstić information content (AvgIpc) is 3.17. The van der Waals surface area contributed by atoms with Crippen molar-refractivity contribution < 1.29 is 14.3 Å². The van der Waals surface area contributed by atoms with E-state index >= 15 is 0 Å². The summed E-state index contributed by atoms with van der Waals surface area (Å²) in [5, 5.41) is 0. The molecule has 1 spiro atoms. The molecule has 2 saturated heterocycles. The first kappa shape index (κ1) is 10.1. The van der Waals surface area contributed by atoms with Crippen LogP contribution in [-0.4, -0.2) is 47.9 Å². The fourth-order valence-corrected chi connectivity index (χ4v) is 4.35. The van der Waals surface area contributed by atoms with Gasteiger partial charge in [-0.3, -0.25) is 4.90 Å². The lowest BCUT2D eigenvalue weighted by atomic mass is 9.62. The summed E-state index contributed by atoms with van der Waals surface area (Å²) in [6.45, 7) is 3.01. The van der Waals surface area contributed by atoms with Gasteiger partial charge in [-0.2, -0.15) is 0 Å². The van der Waals surface area contributed by atoms with Gasteiger partial charge in [0.15, 0.2) is 0 Å². The van der Waals surface area contributed by atoms with Gasteiger partial charge < -0.3 is 15.2 Å². The maximum absolute atomic E-state index is 11.9. The molecule has 6 atom stereocenters. The molecule has 2 aliphatic heterocycles. The normalized spacial score (nSPS) is 52.8. The summed E-state index contributed by atoms with van der Waals surface area (Å²) in [5.41, 5.74) is 5.79. The predicted octanol–water partition coefficient (Wildman–Crippen LogP) is 0.332. The fourth-order valence-electron chi connectivity index (χ4n) is 4.35. The van der Waals surface area contributed by atoms with Crippen LogP contribution >= 0.6 is 0 Å². The number of rotatable bonds is 2. The van der Waals surface area contributed by atoms with Crippen LogP contribution in [0.3, 0.4) is 0 Å². The Hall–Kier alpha value is -0.810. The van der Waals surface area contributed by atoms with E-state index in [1.165, 1.54) is 0 Å². The standard InChI is InChI=1S/C12H18N2O3/c1-2-16-11(15)14-8-4-6(5-13)3-7-9-10(17-9)12(7,8)14/h6-10H,2-5,13H2,1H3/t6?,7?,8?,9-,10-,12?,14?/m1/s1. The van der Waals surface area contributed by atoms with Gasteiger partial charge in [-0.25, -0.2) is 4.79 Å². The number of nitrogens with two attached hydrogens (primary N) is 1. The number of fused-ring (bicyclic) bond motifs is 2. The van der Waals surface area contributed by atoms with Gasteiger partial charge >= 0.3 is 6.09 Å². The molecule has 0 bridgehead atoms. The Morgan fingerprint density at radius 2 is 2.41 bits per heavy atom. The molecule has 2 heterocycles. The van der Waals surface area contributed by atoms with Crippen molar-refractivity contribution in [1.29, 1.82) is 0 Å². The lowest BCUT2D eigenvalue weighted by molar-refractivity contribution is 0.111. The molecule has 5 heteroatoms. The molecule has 4 rings (SSSR count). The minimum Gasteiger partial charge on any atom is -0.450 e. The second-order valence-corrected chi connectivity index (χ2v) is 5.67. The maximum atomic E-state index is 11.9. The van der Waals surface area contributed by atoms with E-state index in [1.54, 1.807) is 0 Å². The van der Waals surface area contributed by atoms with E-state index in [-0.39, 0.29) is 11.6 Å². The average molecular weight is 238 g/mol. The molecule has 0 aromatic heterocycles. The van der Waals surface area contributed by atoms with Crippen molar-refractivity contribution in [3.8, 4) is 0 Å². The number of nitrogens with zero attached hydrogens (tertiary/aromatic N) is 1. The van der Waals surface area contributed by atoms with Crippen LogP contribution in [0.1, 0.15) is 19.8 Å². The monoisotopic (exact) mass is 238 g/mol. The predicted molar refractivity (Wildman–Crippen MR) is 59.3 cm³/mol. The summed E-state index contributed by atoms with van der Waals surface area (Å²) in [4.78, 5) is 13.9. The first-order valence-electron chi connectivity index (χ1n) is 6.56. The van der Waals surface area contributed by atoms with Crippen LogP contribution in [0.25, 0.3) is 0 Å². The third-order valence-electron chi connectivity index (χ3n) is 5.11. The molecular weight excluding hydrogens is 220 g/mol. The number of ether oxygens (including phenoxy) is 2. The first-order valence-corrected chi connectivity index (χ1v) is 6.56. The highest BCUT2D eigenvalue weighted by atomic mass is 16.6. The zero-order chi connectivity index (χ0) is 11.8. The Morgan fingerprint density at radius 3 is 3.12 bits per heavy atom. The third-order valence-corrected chi connectivity index (χ3v) is 5.11. The van der Waals surface area contributed by atoms with Gasteiger partial charge in [-0.15, -0.1) is 0 Å². The SMILES string of the molecule is CCOC(=O)N1C2CC(CN)CC3[C@H]4O[C@H]4C321. The third kappa shape index (κ3) is 0.970. The summed E-state index contributed by atoms with van der Waals surface area (Å²) in [6.07, 6.45) is 2.70. The van der Waals surface area contributed by atoms with Gasteiger partial charge in [0.2, 0.25) is 0 Å². The van der Waals surface area contributed by atoms with E-state index in [2.05, 4.69) is 0 Å². The molecule has 2 N–H and O–H groups in total. The minimum absolute atomic E-state index is 0.0165. The van der Waals surface area contributed by atoms with E-state index in [9.17, 15) is 4.79 Å². The first-order chi connectivity index (χ1) is 8.25. The zero-order valence-electron chi connectivity index (χ0n) is 9.96. The molecule has 0 radical (unpaired) electrons. The van der Waals surface area contributed by atoms with Gasteiger partial charge in [0.05, 0.1) is 18.8 Å². The van der Waals surface area contributed by atoms with Gasteiger partial charge in [0.25, 0.3) is 0 Å². The molecule has 2 saturated carbocycles. The van der Waals surface area contributed by atoms with Gasteiger partial charge in [0.1, 0.15) is 11.6 Å². The molecule has 94 valence electrons. The van der Waals surface area contributed by atoms with E-state index < -0.39 is 0 Å². The number of likely N-dealkylation sites (tertiary alicyclic amines) is 1. The van der Waals surface area contributed by atoms with Gasteiger partial charge in [-0.1, -0.05) is 0 Å². The molecule has 5 nitrogen and oxygen atoms in total. The lowest BCUT2D eigenvalue weighted by Crippen LogP contribution is -2.53. The van der Waals surface area contributed by atoms with Gasteiger partial charge in [0, 0.05) is 5.92 Å². The Labute approximate surface area is 100 Å². The molecule has 4 unspecified atom stereocenters. The molecular formula is C12H18N2O3. The highest BCUT2D eigenvalue weighted by molar-refractivity contribution is 5.76. The second-order valence-electron chi connectivity index (χ2n) is 5.67. The van der Waals surface area contributed by atoms with E-state index in [0.29, 0.717) is 36.7 Å². The van der Waals surface area contributed by atoms with Crippen molar-refractivity contribution >= 4 is 6.09 Å². The number of hydrogen-bond acceptors (Lipinski definition) is 4. The number of amides is 1. The molecule has 4 aliphatic rings. The molecule has 17 heavy (non-hydrogen) atoms. The molecule has 2 aliphatic carbocycles. The van der Waals surface area contributed by atoms with Crippen LogP contribution in [0.4, 0.5) is 4.79 Å². The van der Waals surface area contributed by atoms with Crippen molar-refractivity contribution in [3.05, 3.63) is 0 Å². The Balaban J connectivity index is 1.58. The number of epoxide rings is 1. The largest absolute Gasteiger partial charge is 0.450 e. The number of carbonyl (C=O) groups excluding carboxylic acids is 1. The second kappa shape index (κ2) is 2.95. The van der Waals surface area contributed by atoms with E-state index in [1.807, 2.05) is 11.8 Å². The van der Waals surface area contributed by atoms with Crippen LogP contribution in [0.2, 0.25) is 0 Å². The van der Waals surface area contributed by atoms with Crippen LogP contribution < -0.4 is 5.73 Å². The van der Waals surface area contributed by atoms with Crippen LogP contribution in [0.15, 0.2) is 0 Å². The topological polar surface area (TPSA) is 67.9 Å². The van der Waals surface area contributed by atoms with Crippen molar-refractivity contribution in [3.63, 3.8) is 0 Å². The molecule has 0 aromatic carbocycles. The van der Waals surface area contributed by atoms with Crippen LogP contribution in [0.5, 0.6) is 0 Å². The molecule has 1 amide bonds. The lowest BCUT2D eigenvalue weighted by Gasteiger charge is -2.37. The number of carbonyl (C=O) groups is 1. The van der Waals surface area contributed by atoms with Crippen molar-refractivity contribution in [2.45, 2.75) is 43.6 Å². The summed E-state index contributed by atoms with van der Waals surface area (Å²) in [6, 6.07) is 0.331. The highest BCUT2D eigenvalue weighted by Crippen LogP contribution is 2.73. The zero-order valence-corrected chi connectivity index (χ0v) is 9.96. The van der Waals surface area contributed by atoms with E-state index in [0.717, 1.165) is 19.4 Å². The minimum atomic E-state index is -0.158. The van der Waals surface area contributed by atoms with Gasteiger partial charge in [-0.05, 0) is 32.2 Å². The van der Waals surface area contributed by atoms with Crippen molar-refractivity contribution in [2.75, 3.05) is 13.2 Å². The van der Waals surface area contributed by atoms with Crippen LogP contribution in [-0.2, 0) is 9.47 Å². The number of hydrogen-bond donors (Lipinski definition) is 1. The maximum Gasteiger partial charge on any atom is 0.410 e. The Kier molecular flexibility index (Phi) is 1.76. The van der Waals surface area contributed by atoms with Crippen molar-refractivity contribution in [1.82, 2.24) is 4.90 Å². The Morgan fingerprint density at radius 1 is 1.59 bits per heavy atom. The van der Waals surface area contributed by atoms with Crippen LogP contribution in [0, 0.1) is 11.8 Å². The highest BCUT2D eigenvalue weighted by Gasteiger charge is 2.90. The smallest absolute Gasteiger partial charge is 0.410 e. The van der Waals surface area contributed by atoms with E-state index in [4.69, 9.17) is 15.2 Å². The summed E-state index contributed by atoms with van der Waals surface area (Å²) >= 11 is 0. The quantitative estimate of drug-likeness (QED) is 0.704. The summed E-state index contributed by atoms with van der Waals surface area (Å²) in [7, 11) is 0. The molecule has 0 aromatic rings. The summed E-state index contributed by atoms with van der Waals surface area (Å²) < 4.78 is 10.8. The Bertz CT molecular complexity index is 388. The summed E-state index contributed by atoms with van der Waals surface area (Å²) in [5.74, 6) is 1.06. The van der Waals surface area contributed by atoms with Crippen molar-refractivity contribution in [2.24, 2.45) is 17.6 Å². The molecule has 4 fully saturated rings.